The summed E-state index contributed by atoms with van der Waals surface area (Å²) in [5.74, 6) is -0.00536. The highest BCUT2D eigenvalue weighted by Gasteiger charge is 2.22. The fourth-order valence-corrected chi connectivity index (χ4v) is 5.01. The van der Waals surface area contributed by atoms with E-state index in [9.17, 15) is 13.2 Å². The Hall–Kier alpha value is -2.10. The van der Waals surface area contributed by atoms with Crippen LogP contribution in [-0.4, -0.2) is 43.1 Å². The predicted octanol–water partition coefficient (Wildman–Crippen LogP) is 2.73. The Morgan fingerprint density at radius 1 is 1.27 bits per heavy atom. The van der Waals surface area contributed by atoms with Gasteiger partial charge in [-0.15, -0.1) is 0 Å². The van der Waals surface area contributed by atoms with E-state index in [1.54, 1.807) is 12.5 Å². The largest absolute Gasteiger partial charge is 0.482 e. The smallest absolute Gasteiger partial charge is 0.257 e. The average molecular weight is 455 g/mol. The number of aromatic nitrogens is 2. The standard InChI is InChI=1S/C20H27ClN4O4S/c21-18-13-17(30(27,28)24-16-5-2-1-3-6-16)7-8-19(18)29-14-20(26)23-9-4-11-25-12-10-22-15-25/h7-8,10,12-13,15-16,24H,1-6,9,11,14H2,(H,23,26). The van der Waals surface area contributed by atoms with Crippen molar-refractivity contribution in [2.75, 3.05) is 13.2 Å². The first-order chi connectivity index (χ1) is 14.4. The van der Waals surface area contributed by atoms with Gasteiger partial charge in [0.2, 0.25) is 10.0 Å². The Morgan fingerprint density at radius 2 is 2.07 bits per heavy atom. The maximum Gasteiger partial charge on any atom is 0.257 e. The van der Waals surface area contributed by atoms with Crippen LogP contribution in [0.2, 0.25) is 5.02 Å². The van der Waals surface area contributed by atoms with Gasteiger partial charge < -0.3 is 14.6 Å². The third-order valence-corrected chi connectivity index (χ3v) is 6.79. The molecular weight excluding hydrogens is 428 g/mol. The zero-order chi connectivity index (χ0) is 21.4. The number of sulfonamides is 1. The zero-order valence-corrected chi connectivity index (χ0v) is 18.3. The summed E-state index contributed by atoms with van der Waals surface area (Å²) >= 11 is 6.19. The molecule has 30 heavy (non-hydrogen) atoms. The van der Waals surface area contributed by atoms with Crippen molar-refractivity contribution < 1.29 is 17.9 Å². The number of carbonyl (C=O) groups excluding carboxylic acids is 1. The molecule has 1 fully saturated rings. The van der Waals surface area contributed by atoms with Crippen molar-refractivity contribution in [2.24, 2.45) is 0 Å². The minimum absolute atomic E-state index is 0.0316. The average Bonchev–Trinajstić information content (AvgIpc) is 3.24. The predicted molar refractivity (Wildman–Crippen MR) is 114 cm³/mol. The second kappa shape index (κ2) is 10.8. The third kappa shape index (κ3) is 6.72. The van der Waals surface area contributed by atoms with Gasteiger partial charge in [0.25, 0.3) is 5.91 Å². The lowest BCUT2D eigenvalue weighted by atomic mass is 9.96. The van der Waals surface area contributed by atoms with E-state index < -0.39 is 10.0 Å². The summed E-state index contributed by atoms with van der Waals surface area (Å²) in [5.41, 5.74) is 0. The lowest BCUT2D eigenvalue weighted by molar-refractivity contribution is -0.123. The van der Waals surface area contributed by atoms with Crippen LogP contribution < -0.4 is 14.8 Å². The third-order valence-electron chi connectivity index (χ3n) is 4.97. The molecule has 1 aliphatic rings. The molecule has 0 spiro atoms. The molecule has 1 aliphatic carbocycles. The quantitative estimate of drug-likeness (QED) is 0.537. The highest BCUT2D eigenvalue weighted by atomic mass is 35.5. The molecule has 0 aliphatic heterocycles. The van der Waals surface area contributed by atoms with Gasteiger partial charge in [-0.05, 0) is 37.5 Å². The van der Waals surface area contributed by atoms with Crippen molar-refractivity contribution in [2.45, 2.75) is 56.0 Å². The van der Waals surface area contributed by atoms with Crippen LogP contribution in [0.4, 0.5) is 0 Å². The summed E-state index contributed by atoms with van der Waals surface area (Å²) < 4.78 is 35.3. The number of nitrogens with zero attached hydrogens (tertiary/aromatic N) is 2. The molecule has 8 nitrogen and oxygen atoms in total. The van der Waals surface area contributed by atoms with Crippen LogP contribution in [0.15, 0.2) is 41.8 Å². The van der Waals surface area contributed by atoms with E-state index in [2.05, 4.69) is 15.0 Å². The van der Waals surface area contributed by atoms with E-state index in [1.165, 1.54) is 18.2 Å². The number of carbonyl (C=O) groups is 1. The summed E-state index contributed by atoms with van der Waals surface area (Å²) in [6.45, 7) is 1.08. The number of imidazole rings is 1. The molecule has 1 aromatic carbocycles. The number of nitrogens with one attached hydrogen (secondary N) is 2. The van der Waals surface area contributed by atoms with Gasteiger partial charge in [-0.25, -0.2) is 18.1 Å². The SMILES string of the molecule is O=C(COc1ccc(S(=O)(=O)NC2CCCCC2)cc1Cl)NCCCn1ccnc1. The minimum atomic E-state index is -3.64. The molecule has 3 rings (SSSR count). The molecule has 0 saturated heterocycles. The maximum absolute atomic E-state index is 12.6. The van der Waals surface area contributed by atoms with Gasteiger partial charge in [-0.1, -0.05) is 30.9 Å². The number of benzene rings is 1. The van der Waals surface area contributed by atoms with Gasteiger partial charge in [0.15, 0.2) is 6.61 Å². The molecule has 1 saturated carbocycles. The Morgan fingerprint density at radius 3 is 2.77 bits per heavy atom. The molecule has 0 unspecified atom stereocenters. The molecule has 164 valence electrons. The molecule has 0 atom stereocenters. The van der Waals surface area contributed by atoms with E-state index in [0.717, 1.165) is 45.1 Å². The lowest BCUT2D eigenvalue weighted by Crippen LogP contribution is -2.36. The van der Waals surface area contributed by atoms with Crippen molar-refractivity contribution in [1.29, 1.82) is 0 Å². The molecule has 2 N–H and O–H groups in total. The molecule has 0 radical (unpaired) electrons. The summed E-state index contributed by atoms with van der Waals surface area (Å²) in [6, 6.07) is 4.24. The molecule has 0 bridgehead atoms. The highest BCUT2D eigenvalue weighted by molar-refractivity contribution is 7.89. The van der Waals surface area contributed by atoms with Crippen LogP contribution in [0.1, 0.15) is 38.5 Å². The van der Waals surface area contributed by atoms with Crippen LogP contribution in [-0.2, 0) is 21.4 Å². The first-order valence-corrected chi connectivity index (χ1v) is 12.0. The molecule has 1 aromatic heterocycles. The Labute approximate surface area is 182 Å². The van der Waals surface area contributed by atoms with Crippen molar-refractivity contribution in [3.63, 3.8) is 0 Å². The van der Waals surface area contributed by atoms with Crippen molar-refractivity contribution >= 4 is 27.5 Å². The van der Waals surface area contributed by atoms with Crippen LogP contribution in [0.25, 0.3) is 0 Å². The van der Waals surface area contributed by atoms with Crippen LogP contribution in [0.5, 0.6) is 5.75 Å². The topological polar surface area (TPSA) is 102 Å². The number of ether oxygens (including phenoxy) is 1. The Kier molecular flexibility index (Phi) is 8.12. The van der Waals surface area contributed by atoms with E-state index >= 15 is 0 Å². The first kappa shape index (κ1) is 22.6. The lowest BCUT2D eigenvalue weighted by Gasteiger charge is -2.22. The van der Waals surface area contributed by atoms with Gasteiger partial charge in [-0.2, -0.15) is 0 Å². The second-order valence-electron chi connectivity index (χ2n) is 7.34. The van der Waals surface area contributed by atoms with Crippen LogP contribution in [0.3, 0.4) is 0 Å². The molecule has 10 heteroatoms. The second-order valence-corrected chi connectivity index (χ2v) is 9.46. The highest BCUT2D eigenvalue weighted by Crippen LogP contribution is 2.28. The molecular formula is C20H27ClN4O4S. The minimum Gasteiger partial charge on any atom is -0.482 e. The van der Waals surface area contributed by atoms with Gasteiger partial charge in [0.05, 0.1) is 16.2 Å². The van der Waals surface area contributed by atoms with Gasteiger partial charge in [0.1, 0.15) is 5.75 Å². The van der Waals surface area contributed by atoms with Gasteiger partial charge in [-0.3, -0.25) is 4.79 Å². The maximum atomic E-state index is 12.6. The van der Waals surface area contributed by atoms with Gasteiger partial charge >= 0.3 is 0 Å². The summed E-state index contributed by atoms with van der Waals surface area (Å²) in [5, 5.41) is 2.92. The van der Waals surface area contributed by atoms with Crippen LogP contribution >= 0.6 is 11.6 Å². The van der Waals surface area contributed by atoms with E-state index in [1.807, 2.05) is 10.8 Å². The van der Waals surface area contributed by atoms with Crippen molar-refractivity contribution in [3.8, 4) is 5.75 Å². The fourth-order valence-electron chi connectivity index (χ4n) is 3.38. The number of rotatable bonds is 10. The Bertz CT molecular complexity index is 928. The number of amides is 1. The van der Waals surface area contributed by atoms with E-state index in [0.29, 0.717) is 6.54 Å². The molecule has 2 aromatic rings. The van der Waals surface area contributed by atoms with E-state index in [-0.39, 0.29) is 34.2 Å². The molecule has 1 heterocycles. The number of hydrogen-bond acceptors (Lipinski definition) is 5. The monoisotopic (exact) mass is 454 g/mol. The number of halogens is 1. The van der Waals surface area contributed by atoms with Crippen LogP contribution in [0, 0.1) is 0 Å². The zero-order valence-electron chi connectivity index (χ0n) is 16.7. The number of hydrogen-bond donors (Lipinski definition) is 2. The van der Waals surface area contributed by atoms with E-state index in [4.69, 9.17) is 16.3 Å². The summed E-state index contributed by atoms with van der Waals surface area (Å²) in [7, 11) is -3.64. The summed E-state index contributed by atoms with van der Waals surface area (Å²) in [6.07, 6.45) is 11.0. The Balaban J connectivity index is 1.45. The van der Waals surface area contributed by atoms with Crippen molar-refractivity contribution in [1.82, 2.24) is 19.6 Å². The normalized spacial score (nSPS) is 15.1. The van der Waals surface area contributed by atoms with Gasteiger partial charge in [0, 0.05) is 31.5 Å². The van der Waals surface area contributed by atoms with Crippen molar-refractivity contribution in [3.05, 3.63) is 41.9 Å². The first-order valence-electron chi connectivity index (χ1n) is 10.1. The summed E-state index contributed by atoms with van der Waals surface area (Å²) in [4.78, 5) is 16.0. The molecule has 1 amide bonds. The fraction of sp³-hybridized carbons (Fsp3) is 0.500. The number of aryl methyl sites for hydroxylation is 1.